The molecule has 0 radical (unpaired) electrons. The van der Waals surface area contributed by atoms with Crippen LogP contribution in [0.15, 0.2) is 0 Å². The van der Waals surface area contributed by atoms with Gasteiger partial charge >= 0.3 is 5.97 Å². The zero-order valence-electron chi connectivity index (χ0n) is 16.8. The Morgan fingerprint density at radius 2 is 1.16 bits per heavy atom. The number of aliphatic hydroxyl groups is 1. The summed E-state index contributed by atoms with van der Waals surface area (Å²) in [6, 6.07) is 0. The fourth-order valence-electron chi connectivity index (χ4n) is 2.88. The molecule has 25 heavy (non-hydrogen) atoms. The van der Waals surface area contributed by atoms with Gasteiger partial charge in [0.1, 0.15) is 6.61 Å². The van der Waals surface area contributed by atoms with Crippen molar-refractivity contribution in [2.45, 2.75) is 123 Å². The fraction of sp³-hybridized carbons (Fsp3) is 0.952. The maximum absolute atomic E-state index is 11.3. The molecule has 1 unspecified atom stereocenters. The lowest BCUT2D eigenvalue weighted by Crippen LogP contribution is -2.13. The molecule has 150 valence electrons. The average Bonchev–Trinajstić information content (AvgIpc) is 2.58. The molecule has 0 aliphatic heterocycles. The summed E-state index contributed by atoms with van der Waals surface area (Å²) in [4.78, 5) is 20.5. The van der Waals surface area contributed by atoms with E-state index in [0.29, 0.717) is 6.42 Å². The minimum atomic E-state index is -0.612. The Bertz CT molecular complexity index is 279. The van der Waals surface area contributed by atoms with Crippen LogP contribution >= 0.6 is 0 Å². The number of hydrogen-bond acceptors (Lipinski definition) is 4. The van der Waals surface area contributed by atoms with E-state index < -0.39 is 6.10 Å². The number of carbonyl (C=O) groups is 1. The van der Waals surface area contributed by atoms with Crippen molar-refractivity contribution in [1.29, 1.82) is 0 Å². The average molecular weight is 359 g/mol. The van der Waals surface area contributed by atoms with Crippen LogP contribution in [0.2, 0.25) is 0 Å². The van der Waals surface area contributed by atoms with E-state index in [9.17, 15) is 4.79 Å². The summed E-state index contributed by atoms with van der Waals surface area (Å²) < 4.78 is 0. The van der Waals surface area contributed by atoms with Crippen LogP contribution in [0.3, 0.4) is 0 Å². The van der Waals surface area contributed by atoms with Gasteiger partial charge in [0.05, 0.1) is 6.10 Å². The second-order valence-corrected chi connectivity index (χ2v) is 7.29. The number of aliphatic hydroxyl groups excluding tert-OH is 1. The van der Waals surface area contributed by atoms with Gasteiger partial charge in [-0.3, -0.25) is 4.89 Å². The van der Waals surface area contributed by atoms with Gasteiger partial charge in [-0.05, 0) is 13.3 Å². The van der Waals surface area contributed by atoms with E-state index in [4.69, 9.17) is 5.11 Å². The first-order valence-electron chi connectivity index (χ1n) is 10.7. The molecule has 0 aliphatic rings. The molecule has 0 saturated carbocycles. The van der Waals surface area contributed by atoms with E-state index in [1.54, 1.807) is 6.92 Å². The molecule has 0 rings (SSSR count). The maximum atomic E-state index is 11.3. The van der Waals surface area contributed by atoms with E-state index in [0.717, 1.165) is 12.8 Å². The Kier molecular flexibility index (Phi) is 19.2. The van der Waals surface area contributed by atoms with Gasteiger partial charge in [-0.2, -0.15) is 4.89 Å². The molecule has 0 spiro atoms. The summed E-state index contributed by atoms with van der Waals surface area (Å²) in [5.41, 5.74) is 0. The van der Waals surface area contributed by atoms with Crippen LogP contribution in [0, 0.1) is 0 Å². The molecule has 0 fully saturated rings. The van der Waals surface area contributed by atoms with Gasteiger partial charge in [-0.15, -0.1) is 0 Å². The zero-order chi connectivity index (χ0) is 18.6. The molecule has 0 bridgehead atoms. The van der Waals surface area contributed by atoms with Crippen molar-refractivity contribution in [3.05, 3.63) is 0 Å². The van der Waals surface area contributed by atoms with Crippen molar-refractivity contribution in [1.82, 2.24) is 0 Å². The lowest BCUT2D eigenvalue weighted by molar-refractivity contribution is -0.280. The summed E-state index contributed by atoms with van der Waals surface area (Å²) in [5, 5.41) is 8.97. The van der Waals surface area contributed by atoms with Crippen molar-refractivity contribution >= 4 is 5.97 Å². The predicted octanol–water partition coefficient (Wildman–Crippen LogP) is 6.10. The summed E-state index contributed by atoms with van der Waals surface area (Å²) in [6.45, 7) is 3.89. The van der Waals surface area contributed by atoms with Gasteiger partial charge in [-0.25, -0.2) is 4.79 Å². The van der Waals surface area contributed by atoms with Crippen molar-refractivity contribution < 1.29 is 19.7 Å². The minimum Gasteiger partial charge on any atom is -0.391 e. The highest BCUT2D eigenvalue weighted by atomic mass is 17.2. The minimum absolute atomic E-state index is 0.0323. The predicted molar refractivity (Wildman–Crippen MR) is 103 cm³/mol. The number of rotatable bonds is 19. The molecule has 0 aliphatic carbocycles. The van der Waals surface area contributed by atoms with Crippen LogP contribution in [0.25, 0.3) is 0 Å². The van der Waals surface area contributed by atoms with E-state index in [-0.39, 0.29) is 12.6 Å². The topological polar surface area (TPSA) is 55.8 Å². The summed E-state index contributed by atoms with van der Waals surface area (Å²) in [7, 11) is 0. The summed E-state index contributed by atoms with van der Waals surface area (Å²) in [6.07, 6.45) is 19.5. The quantitative estimate of drug-likeness (QED) is 0.172. The molecule has 0 aromatic carbocycles. The van der Waals surface area contributed by atoms with Crippen molar-refractivity contribution in [3.8, 4) is 0 Å². The van der Waals surface area contributed by atoms with Crippen LogP contribution in [0.5, 0.6) is 0 Å². The van der Waals surface area contributed by atoms with Gasteiger partial charge in [0.25, 0.3) is 0 Å². The molecular weight excluding hydrogens is 316 g/mol. The second kappa shape index (κ2) is 19.7. The van der Waals surface area contributed by atoms with E-state index >= 15 is 0 Å². The SMILES string of the molecule is CCCCCCCCCCCCCCCCCC(=O)OOCC(C)O. The van der Waals surface area contributed by atoms with Crippen molar-refractivity contribution in [2.24, 2.45) is 0 Å². The molecular formula is C21H42O4. The molecule has 0 amide bonds. The number of unbranched alkanes of at least 4 members (excludes halogenated alkanes) is 14. The van der Waals surface area contributed by atoms with Crippen LogP contribution in [0.4, 0.5) is 0 Å². The van der Waals surface area contributed by atoms with E-state index in [2.05, 4.69) is 16.7 Å². The highest BCUT2D eigenvalue weighted by Crippen LogP contribution is 2.13. The first-order chi connectivity index (χ1) is 12.2. The lowest BCUT2D eigenvalue weighted by atomic mass is 10.0. The Labute approximate surface area is 155 Å². The fourth-order valence-corrected chi connectivity index (χ4v) is 2.88. The first-order valence-corrected chi connectivity index (χ1v) is 10.7. The standard InChI is InChI=1S/C21H42O4/c1-3-4-5-6-7-8-9-10-11-12-13-14-15-16-17-18-21(23)25-24-19-20(2)22/h20,22H,3-19H2,1-2H3. The monoisotopic (exact) mass is 358 g/mol. The maximum Gasteiger partial charge on any atom is 0.342 e. The third-order valence-corrected chi connectivity index (χ3v) is 4.45. The number of carbonyl (C=O) groups excluding carboxylic acids is 1. The molecule has 0 aromatic heterocycles. The van der Waals surface area contributed by atoms with Gasteiger partial charge in [-0.1, -0.05) is 96.8 Å². The van der Waals surface area contributed by atoms with Crippen molar-refractivity contribution in [2.75, 3.05) is 6.61 Å². The second-order valence-electron chi connectivity index (χ2n) is 7.29. The van der Waals surface area contributed by atoms with Crippen LogP contribution in [-0.2, 0) is 14.6 Å². The number of hydrogen-bond donors (Lipinski definition) is 1. The van der Waals surface area contributed by atoms with E-state index in [1.807, 2.05) is 0 Å². The van der Waals surface area contributed by atoms with Crippen LogP contribution in [-0.4, -0.2) is 23.8 Å². The normalized spacial score (nSPS) is 12.3. The highest BCUT2D eigenvalue weighted by molar-refractivity contribution is 5.68. The molecule has 0 heterocycles. The van der Waals surface area contributed by atoms with E-state index in [1.165, 1.54) is 83.5 Å². The largest absolute Gasteiger partial charge is 0.391 e. The van der Waals surface area contributed by atoms with Crippen LogP contribution < -0.4 is 0 Å². The lowest BCUT2D eigenvalue weighted by Gasteiger charge is -2.05. The third-order valence-electron chi connectivity index (χ3n) is 4.45. The third kappa shape index (κ3) is 21.3. The van der Waals surface area contributed by atoms with Gasteiger partial charge < -0.3 is 5.11 Å². The summed E-state index contributed by atoms with van der Waals surface area (Å²) >= 11 is 0. The van der Waals surface area contributed by atoms with Crippen molar-refractivity contribution in [3.63, 3.8) is 0 Å². The Morgan fingerprint density at radius 1 is 0.760 bits per heavy atom. The smallest absolute Gasteiger partial charge is 0.342 e. The van der Waals surface area contributed by atoms with Crippen LogP contribution in [0.1, 0.15) is 117 Å². The molecule has 1 atom stereocenters. The zero-order valence-corrected chi connectivity index (χ0v) is 16.8. The van der Waals surface area contributed by atoms with Gasteiger partial charge in [0.15, 0.2) is 0 Å². The first kappa shape index (κ1) is 24.4. The molecule has 0 saturated heterocycles. The molecule has 1 N–H and O–H groups in total. The van der Waals surface area contributed by atoms with Gasteiger partial charge in [0, 0.05) is 6.42 Å². The highest BCUT2D eigenvalue weighted by Gasteiger charge is 2.05. The Hall–Kier alpha value is -0.610. The summed E-state index contributed by atoms with van der Waals surface area (Å²) in [5.74, 6) is -0.338. The Morgan fingerprint density at radius 3 is 1.56 bits per heavy atom. The molecule has 0 aromatic rings. The molecule has 4 heteroatoms. The van der Waals surface area contributed by atoms with Gasteiger partial charge in [0.2, 0.25) is 0 Å². The Balaban J connectivity index is 3.10. The molecule has 4 nitrogen and oxygen atoms in total.